The highest BCUT2D eigenvalue weighted by atomic mass is 19.4. The van der Waals surface area contributed by atoms with Crippen LogP contribution in [0.1, 0.15) is 27.3 Å². The highest BCUT2D eigenvalue weighted by molar-refractivity contribution is 6.03. The van der Waals surface area contributed by atoms with Crippen molar-refractivity contribution in [3.8, 4) is 0 Å². The summed E-state index contributed by atoms with van der Waals surface area (Å²) in [5.74, 6) is -0.974. The average Bonchev–Trinajstić information content (AvgIpc) is 3.14. The van der Waals surface area contributed by atoms with Gasteiger partial charge in [0.25, 0.3) is 5.91 Å². The Balaban J connectivity index is 1.75. The number of H-pyrrole nitrogens is 1. The minimum absolute atomic E-state index is 0.0368. The van der Waals surface area contributed by atoms with Gasteiger partial charge in [0.05, 0.1) is 12.7 Å². The van der Waals surface area contributed by atoms with E-state index in [1.165, 1.54) is 17.8 Å². The van der Waals surface area contributed by atoms with E-state index in [1.54, 1.807) is 0 Å². The van der Waals surface area contributed by atoms with Crippen LogP contribution >= 0.6 is 0 Å². The van der Waals surface area contributed by atoms with Crippen molar-refractivity contribution in [2.75, 3.05) is 5.32 Å². The maximum atomic E-state index is 13.0. The molecule has 130 valence electrons. The lowest BCUT2D eigenvalue weighted by Gasteiger charge is -2.07. The van der Waals surface area contributed by atoms with Gasteiger partial charge in [-0.25, -0.2) is 4.68 Å². The topological polar surface area (TPSA) is 88.5 Å². The Kier molecular flexibility index (Phi) is 4.26. The molecular weight excluding hydrogens is 337 g/mol. The number of halogens is 3. The molecule has 0 atom stereocenters. The molecule has 2 aromatic heterocycles. The quantitative estimate of drug-likeness (QED) is 0.757. The van der Waals surface area contributed by atoms with Gasteiger partial charge < -0.3 is 5.32 Å². The van der Waals surface area contributed by atoms with E-state index < -0.39 is 23.3 Å². The number of anilines is 1. The van der Waals surface area contributed by atoms with Crippen LogP contribution in [-0.4, -0.2) is 31.1 Å². The van der Waals surface area contributed by atoms with E-state index in [2.05, 4.69) is 25.8 Å². The fourth-order valence-electron chi connectivity index (χ4n) is 2.32. The molecule has 0 aliphatic heterocycles. The molecule has 1 aromatic carbocycles. The summed E-state index contributed by atoms with van der Waals surface area (Å²) in [6, 6.07) is 9.39. The van der Waals surface area contributed by atoms with Crippen LogP contribution in [-0.2, 0) is 12.7 Å². The molecule has 0 saturated heterocycles. The second-order valence-electron chi connectivity index (χ2n) is 5.31. The molecule has 2 N–H and O–H groups in total. The molecule has 0 spiro atoms. The van der Waals surface area contributed by atoms with Gasteiger partial charge in [-0.05, 0) is 12.5 Å². The maximum absolute atomic E-state index is 13.0. The number of nitrogens with one attached hydrogen (secondary N) is 2. The smallest absolute Gasteiger partial charge is 0.302 e. The van der Waals surface area contributed by atoms with Crippen molar-refractivity contribution < 1.29 is 18.0 Å². The van der Waals surface area contributed by atoms with Gasteiger partial charge >= 0.3 is 6.18 Å². The number of aromatic amines is 1. The minimum atomic E-state index is -4.69. The van der Waals surface area contributed by atoms with Crippen LogP contribution in [0.2, 0.25) is 0 Å². The van der Waals surface area contributed by atoms with Crippen molar-refractivity contribution in [2.24, 2.45) is 0 Å². The van der Waals surface area contributed by atoms with E-state index in [4.69, 9.17) is 0 Å². The Morgan fingerprint density at radius 1 is 1.28 bits per heavy atom. The number of hydrogen-bond acceptors (Lipinski definition) is 4. The average molecular weight is 350 g/mol. The lowest BCUT2D eigenvalue weighted by Crippen LogP contribution is -2.19. The Morgan fingerprint density at radius 2 is 2.00 bits per heavy atom. The van der Waals surface area contributed by atoms with Crippen LogP contribution in [0.3, 0.4) is 0 Å². The fourth-order valence-corrected chi connectivity index (χ4v) is 2.32. The van der Waals surface area contributed by atoms with Crippen molar-refractivity contribution in [3.63, 3.8) is 0 Å². The molecule has 2 heterocycles. The number of benzene rings is 1. The van der Waals surface area contributed by atoms with Crippen LogP contribution in [0.15, 0.2) is 36.5 Å². The first kappa shape index (κ1) is 16.7. The molecule has 1 amide bonds. The van der Waals surface area contributed by atoms with Crippen LogP contribution in [0.25, 0.3) is 0 Å². The van der Waals surface area contributed by atoms with Crippen molar-refractivity contribution in [1.29, 1.82) is 0 Å². The summed E-state index contributed by atoms with van der Waals surface area (Å²) in [4.78, 5) is 12.1. The second-order valence-corrected chi connectivity index (χ2v) is 5.31. The summed E-state index contributed by atoms with van der Waals surface area (Å²) < 4.78 is 40.5. The molecule has 7 nitrogen and oxygen atoms in total. The Hall–Kier alpha value is -3.17. The van der Waals surface area contributed by atoms with E-state index in [0.717, 1.165) is 5.56 Å². The van der Waals surface area contributed by atoms with Crippen molar-refractivity contribution >= 4 is 11.7 Å². The lowest BCUT2D eigenvalue weighted by molar-refractivity contribution is -0.138. The standard InChI is InChI=1S/C15H13F3N6O/c1-9-12(15(16,17)18)13(22-20-9)14(25)19-11-8-24(23-21-11)7-10-5-3-2-4-6-10/h2-6,8H,7H2,1H3,(H,19,25)(H,20,22). The first-order valence-corrected chi connectivity index (χ1v) is 7.22. The molecule has 25 heavy (non-hydrogen) atoms. The molecule has 0 unspecified atom stereocenters. The summed E-state index contributed by atoms with van der Waals surface area (Å²) >= 11 is 0. The Labute approximate surface area is 139 Å². The van der Waals surface area contributed by atoms with Crippen molar-refractivity contribution in [2.45, 2.75) is 19.6 Å². The highest BCUT2D eigenvalue weighted by Crippen LogP contribution is 2.33. The number of nitrogens with zero attached hydrogens (tertiary/aromatic N) is 4. The third-order valence-corrected chi connectivity index (χ3v) is 3.41. The molecule has 3 aromatic rings. The van der Waals surface area contributed by atoms with Gasteiger partial charge in [-0.3, -0.25) is 9.89 Å². The number of alkyl halides is 3. The Bertz CT molecular complexity index is 884. The number of hydrogen-bond donors (Lipinski definition) is 2. The monoisotopic (exact) mass is 350 g/mol. The zero-order valence-corrected chi connectivity index (χ0v) is 13.0. The highest BCUT2D eigenvalue weighted by Gasteiger charge is 2.39. The van der Waals surface area contributed by atoms with Crippen LogP contribution in [0.4, 0.5) is 19.0 Å². The number of aryl methyl sites for hydroxylation is 1. The normalized spacial score (nSPS) is 11.5. The minimum Gasteiger partial charge on any atom is -0.302 e. The van der Waals surface area contributed by atoms with Crippen molar-refractivity contribution in [3.05, 3.63) is 59.0 Å². The van der Waals surface area contributed by atoms with Gasteiger partial charge in [0.15, 0.2) is 11.5 Å². The first-order valence-electron chi connectivity index (χ1n) is 7.22. The van der Waals surface area contributed by atoms with Crippen LogP contribution in [0, 0.1) is 6.92 Å². The molecular formula is C15H13F3N6O. The molecule has 0 saturated carbocycles. The number of amides is 1. The summed E-state index contributed by atoms with van der Waals surface area (Å²) in [6.45, 7) is 1.61. The third-order valence-electron chi connectivity index (χ3n) is 3.41. The van der Waals surface area contributed by atoms with Crippen LogP contribution < -0.4 is 5.32 Å². The molecule has 0 bridgehead atoms. The molecule has 0 aliphatic carbocycles. The summed E-state index contributed by atoms with van der Waals surface area (Å²) in [5, 5.41) is 15.5. The van der Waals surface area contributed by atoms with Gasteiger partial charge in [-0.2, -0.15) is 18.3 Å². The van der Waals surface area contributed by atoms with Gasteiger partial charge in [0.2, 0.25) is 0 Å². The largest absolute Gasteiger partial charge is 0.420 e. The van der Waals surface area contributed by atoms with Gasteiger partial charge in [0, 0.05) is 5.69 Å². The predicted octanol–water partition coefficient (Wildman–Crippen LogP) is 2.63. The number of aromatic nitrogens is 5. The summed E-state index contributed by atoms with van der Waals surface area (Å²) in [7, 11) is 0. The summed E-state index contributed by atoms with van der Waals surface area (Å²) in [6.07, 6.45) is -3.26. The lowest BCUT2D eigenvalue weighted by atomic mass is 10.1. The molecule has 0 aliphatic rings. The molecule has 3 rings (SSSR count). The van der Waals surface area contributed by atoms with E-state index in [0.29, 0.717) is 6.54 Å². The molecule has 0 radical (unpaired) electrons. The van der Waals surface area contributed by atoms with Crippen LogP contribution in [0.5, 0.6) is 0 Å². The molecule has 10 heteroatoms. The number of carbonyl (C=O) groups is 1. The van der Waals surface area contributed by atoms with E-state index >= 15 is 0 Å². The fraction of sp³-hybridized carbons (Fsp3) is 0.200. The van der Waals surface area contributed by atoms with E-state index in [1.807, 2.05) is 30.3 Å². The maximum Gasteiger partial charge on any atom is 0.420 e. The third kappa shape index (κ3) is 3.67. The van der Waals surface area contributed by atoms with Gasteiger partial charge in [0.1, 0.15) is 5.56 Å². The first-order chi connectivity index (χ1) is 11.8. The Morgan fingerprint density at radius 3 is 2.68 bits per heavy atom. The summed E-state index contributed by atoms with van der Waals surface area (Å²) in [5.41, 5.74) is -1.10. The SMILES string of the molecule is Cc1[nH]nc(C(=O)Nc2cn(Cc3ccccc3)nn2)c1C(F)(F)F. The van der Waals surface area contributed by atoms with E-state index in [9.17, 15) is 18.0 Å². The zero-order valence-electron chi connectivity index (χ0n) is 13.0. The number of rotatable bonds is 4. The molecule has 0 fully saturated rings. The van der Waals surface area contributed by atoms with E-state index in [-0.39, 0.29) is 11.5 Å². The number of carbonyl (C=O) groups excluding carboxylic acids is 1. The van der Waals surface area contributed by atoms with Crippen molar-refractivity contribution in [1.82, 2.24) is 25.2 Å². The second kappa shape index (κ2) is 6.38. The van der Waals surface area contributed by atoms with Gasteiger partial charge in [-0.1, -0.05) is 35.5 Å². The zero-order chi connectivity index (χ0) is 18.0. The van der Waals surface area contributed by atoms with Gasteiger partial charge in [-0.15, -0.1) is 5.10 Å². The predicted molar refractivity (Wildman–Crippen MR) is 81.8 cm³/mol.